The van der Waals surface area contributed by atoms with Crippen LogP contribution >= 0.6 is 0 Å². The molecule has 2 aromatic rings. The maximum absolute atomic E-state index is 12.6. The number of carbonyl (C=O) groups excluding carboxylic acids is 1. The molecule has 4 rings (SSSR count). The van der Waals surface area contributed by atoms with Crippen LogP contribution in [0, 0.1) is 5.92 Å². The van der Waals surface area contributed by atoms with E-state index in [2.05, 4.69) is 27.3 Å². The highest BCUT2D eigenvalue weighted by Gasteiger charge is 2.31. The van der Waals surface area contributed by atoms with E-state index in [-0.39, 0.29) is 5.91 Å². The van der Waals surface area contributed by atoms with Crippen LogP contribution in [-0.4, -0.2) is 49.5 Å². The molecule has 3 heterocycles. The number of nitrogens with one attached hydrogen (secondary N) is 1. The predicted octanol–water partition coefficient (Wildman–Crippen LogP) is 2.15. The van der Waals surface area contributed by atoms with Crippen molar-refractivity contribution in [3.8, 4) is 0 Å². The number of rotatable bonds is 7. The zero-order valence-electron chi connectivity index (χ0n) is 14.7. The number of carbonyl (C=O) groups is 1. The minimum Gasteiger partial charge on any atom is -0.310 e. The minimum absolute atomic E-state index is 0.0390. The molecular formula is C18H26N6O. The monoisotopic (exact) mass is 342 g/mol. The van der Waals surface area contributed by atoms with Crippen molar-refractivity contribution in [3.63, 3.8) is 0 Å². The Morgan fingerprint density at radius 3 is 2.96 bits per heavy atom. The lowest BCUT2D eigenvalue weighted by molar-refractivity contribution is -0.117. The van der Waals surface area contributed by atoms with Gasteiger partial charge in [0.05, 0.1) is 25.3 Å². The quantitative estimate of drug-likeness (QED) is 0.837. The second-order valence-corrected chi connectivity index (χ2v) is 7.28. The van der Waals surface area contributed by atoms with Gasteiger partial charge in [0.1, 0.15) is 5.82 Å². The molecule has 1 aliphatic carbocycles. The summed E-state index contributed by atoms with van der Waals surface area (Å²) in [6.07, 6.45) is 10.3. The second-order valence-electron chi connectivity index (χ2n) is 7.28. The first-order valence-corrected chi connectivity index (χ1v) is 9.25. The summed E-state index contributed by atoms with van der Waals surface area (Å²) in [5.41, 5.74) is 0. The number of amides is 1. The van der Waals surface area contributed by atoms with Gasteiger partial charge >= 0.3 is 0 Å². The largest absolute Gasteiger partial charge is 0.310 e. The Bertz CT molecular complexity index is 705. The topological polar surface area (TPSA) is 68.0 Å². The van der Waals surface area contributed by atoms with Gasteiger partial charge in [0.2, 0.25) is 5.91 Å². The van der Waals surface area contributed by atoms with E-state index in [4.69, 9.17) is 0 Å². The Kier molecular flexibility index (Phi) is 4.57. The fraction of sp³-hybridized carbons (Fsp3) is 0.611. The van der Waals surface area contributed by atoms with Crippen LogP contribution in [-0.2, 0) is 11.3 Å². The summed E-state index contributed by atoms with van der Waals surface area (Å²) in [6.45, 7) is 4.42. The Labute approximate surface area is 148 Å². The summed E-state index contributed by atoms with van der Waals surface area (Å²) in [7, 11) is 0. The van der Waals surface area contributed by atoms with E-state index in [1.54, 1.807) is 12.4 Å². The molecule has 134 valence electrons. The van der Waals surface area contributed by atoms with Crippen LogP contribution in [0.4, 0.5) is 5.82 Å². The first-order chi connectivity index (χ1) is 12.2. The maximum Gasteiger partial charge on any atom is 0.239 e. The van der Waals surface area contributed by atoms with Crippen LogP contribution in [0.15, 0.2) is 30.7 Å². The summed E-state index contributed by atoms with van der Waals surface area (Å²) in [5.74, 6) is 1.55. The molecule has 2 aromatic heterocycles. The Morgan fingerprint density at radius 1 is 1.32 bits per heavy atom. The third-order valence-corrected chi connectivity index (χ3v) is 5.43. The van der Waals surface area contributed by atoms with E-state index in [0.29, 0.717) is 24.5 Å². The second kappa shape index (κ2) is 7.00. The minimum atomic E-state index is 0.0390. The number of aromatic nitrogens is 4. The molecule has 1 saturated carbocycles. The summed E-state index contributed by atoms with van der Waals surface area (Å²) >= 11 is 0. The van der Waals surface area contributed by atoms with Crippen molar-refractivity contribution in [2.75, 3.05) is 18.4 Å². The molecule has 0 unspecified atom stereocenters. The normalized spacial score (nSPS) is 22.2. The number of nitrogens with zero attached hydrogens (tertiary/aromatic N) is 5. The van der Waals surface area contributed by atoms with Gasteiger partial charge in [-0.2, -0.15) is 10.2 Å². The molecule has 0 radical (unpaired) electrons. The average Bonchev–Trinajstić information content (AvgIpc) is 2.97. The zero-order valence-corrected chi connectivity index (χ0v) is 14.7. The van der Waals surface area contributed by atoms with Crippen molar-refractivity contribution in [2.45, 2.75) is 51.2 Å². The van der Waals surface area contributed by atoms with Crippen molar-refractivity contribution in [2.24, 2.45) is 5.92 Å². The molecule has 0 bridgehead atoms. The van der Waals surface area contributed by atoms with Crippen LogP contribution in [0.3, 0.4) is 0 Å². The van der Waals surface area contributed by atoms with Gasteiger partial charge in [-0.3, -0.25) is 14.4 Å². The molecule has 2 aliphatic rings. The van der Waals surface area contributed by atoms with E-state index in [0.717, 1.165) is 31.7 Å². The van der Waals surface area contributed by atoms with Crippen LogP contribution in [0.5, 0.6) is 0 Å². The van der Waals surface area contributed by atoms with E-state index in [1.807, 2.05) is 27.7 Å². The van der Waals surface area contributed by atoms with Gasteiger partial charge in [-0.15, -0.1) is 0 Å². The van der Waals surface area contributed by atoms with Crippen molar-refractivity contribution >= 4 is 11.7 Å². The molecule has 0 spiro atoms. The third-order valence-electron chi connectivity index (χ3n) is 5.43. The lowest BCUT2D eigenvalue weighted by Gasteiger charge is -2.24. The average molecular weight is 342 g/mol. The molecule has 1 N–H and O–H groups in total. The first kappa shape index (κ1) is 16.3. The number of hydrogen-bond donors (Lipinski definition) is 1. The highest BCUT2D eigenvalue weighted by atomic mass is 16.2. The fourth-order valence-electron chi connectivity index (χ4n) is 3.82. The van der Waals surface area contributed by atoms with Gasteiger partial charge in [0.15, 0.2) is 0 Å². The highest BCUT2D eigenvalue weighted by molar-refractivity contribution is 5.91. The predicted molar refractivity (Wildman–Crippen MR) is 95.1 cm³/mol. The van der Waals surface area contributed by atoms with E-state index >= 15 is 0 Å². The summed E-state index contributed by atoms with van der Waals surface area (Å²) in [5, 5.41) is 11.7. The molecule has 2 fully saturated rings. The third kappa shape index (κ3) is 3.76. The van der Waals surface area contributed by atoms with Gasteiger partial charge in [-0.05, 0) is 51.1 Å². The van der Waals surface area contributed by atoms with Crippen LogP contribution in [0.1, 0.15) is 38.6 Å². The molecule has 7 heteroatoms. The molecule has 2 atom stereocenters. The number of anilines is 1. The molecule has 1 aliphatic heterocycles. The van der Waals surface area contributed by atoms with Crippen LogP contribution in [0.2, 0.25) is 0 Å². The maximum atomic E-state index is 12.6. The smallest absolute Gasteiger partial charge is 0.239 e. The molecule has 1 saturated heterocycles. The lowest BCUT2D eigenvalue weighted by atomic mass is 10.2. The van der Waals surface area contributed by atoms with E-state index in [1.165, 1.54) is 12.8 Å². The molecule has 1 amide bonds. The van der Waals surface area contributed by atoms with Gasteiger partial charge in [0, 0.05) is 24.5 Å². The lowest BCUT2D eigenvalue weighted by Crippen LogP contribution is -2.39. The molecule has 7 nitrogen and oxygen atoms in total. The fourth-order valence-corrected chi connectivity index (χ4v) is 3.82. The van der Waals surface area contributed by atoms with Gasteiger partial charge in [-0.1, -0.05) is 0 Å². The van der Waals surface area contributed by atoms with Crippen molar-refractivity contribution < 1.29 is 4.79 Å². The molecular weight excluding hydrogens is 316 g/mol. The molecule has 25 heavy (non-hydrogen) atoms. The van der Waals surface area contributed by atoms with E-state index in [9.17, 15) is 4.79 Å². The summed E-state index contributed by atoms with van der Waals surface area (Å²) < 4.78 is 3.91. The summed E-state index contributed by atoms with van der Waals surface area (Å²) in [6, 6.07) is 4.56. The van der Waals surface area contributed by atoms with E-state index < -0.39 is 0 Å². The highest BCUT2D eigenvalue weighted by Crippen LogP contribution is 2.40. The van der Waals surface area contributed by atoms with Gasteiger partial charge < -0.3 is 5.32 Å². The summed E-state index contributed by atoms with van der Waals surface area (Å²) in [4.78, 5) is 14.8. The number of hydrogen-bond acceptors (Lipinski definition) is 4. The van der Waals surface area contributed by atoms with Crippen LogP contribution < -0.4 is 5.32 Å². The first-order valence-electron chi connectivity index (χ1n) is 9.25. The standard InChI is InChI=1S/C18H26N6O/c1-14(15-5-6-15)24-17(7-9-20-24)21-18(25)13-22-10-2-4-16(22)12-23-11-3-8-19-23/h3,7-9,11,14-16H,2,4-6,10,12-13H2,1H3,(H,21,25)/t14-,16-/m0/s1. The van der Waals surface area contributed by atoms with Crippen molar-refractivity contribution in [1.29, 1.82) is 0 Å². The van der Waals surface area contributed by atoms with Gasteiger partial charge in [-0.25, -0.2) is 4.68 Å². The Hall–Kier alpha value is -2.15. The number of likely N-dealkylation sites (tertiary alicyclic amines) is 1. The Balaban J connectivity index is 1.35. The van der Waals surface area contributed by atoms with Gasteiger partial charge in [0.25, 0.3) is 0 Å². The van der Waals surface area contributed by atoms with Crippen molar-refractivity contribution in [3.05, 3.63) is 30.7 Å². The van der Waals surface area contributed by atoms with Crippen LogP contribution in [0.25, 0.3) is 0 Å². The SMILES string of the molecule is C[C@@H](C1CC1)n1nccc1NC(=O)CN1CCC[C@H]1Cn1cccn1. The molecule has 0 aromatic carbocycles. The Morgan fingerprint density at radius 2 is 2.20 bits per heavy atom. The zero-order chi connectivity index (χ0) is 17.2. The van der Waals surface area contributed by atoms with Crippen molar-refractivity contribution in [1.82, 2.24) is 24.5 Å².